The number of hydrogen-bond acceptors (Lipinski definition) is 2. The van der Waals surface area contributed by atoms with Crippen molar-refractivity contribution >= 4 is 10.1 Å². The fourth-order valence-electron chi connectivity index (χ4n) is 2.20. The largest absolute Gasteiger partial charge is 0.324 e. The molecular formula is C19H36NO3S+. The van der Waals surface area contributed by atoms with Crippen LogP contribution in [0.2, 0.25) is 0 Å². The van der Waals surface area contributed by atoms with Crippen LogP contribution in [0.25, 0.3) is 0 Å². The molecule has 5 heteroatoms. The molecule has 0 atom stereocenters. The summed E-state index contributed by atoms with van der Waals surface area (Å²) in [7, 11) is 0.0679. The summed E-state index contributed by atoms with van der Waals surface area (Å²) in [5.41, 5.74) is 4.13. The lowest BCUT2D eigenvalue weighted by atomic mass is 10.1. The van der Waals surface area contributed by atoms with Crippen molar-refractivity contribution in [3.05, 3.63) is 34.9 Å². The minimum absolute atomic E-state index is 0.194. The van der Waals surface area contributed by atoms with Gasteiger partial charge in [0.05, 0.1) is 27.2 Å². The maximum absolute atomic E-state index is 10.9. The Kier molecular flexibility index (Phi) is 10.4. The quantitative estimate of drug-likeness (QED) is 0.339. The van der Waals surface area contributed by atoms with Crippen molar-refractivity contribution in [3.8, 4) is 0 Å². The van der Waals surface area contributed by atoms with Crippen molar-refractivity contribution in [1.82, 2.24) is 0 Å². The second-order valence-corrected chi connectivity index (χ2v) is 9.16. The van der Waals surface area contributed by atoms with Gasteiger partial charge in [-0.1, -0.05) is 28.9 Å². The van der Waals surface area contributed by atoms with E-state index in [0.29, 0.717) is 11.0 Å². The second-order valence-electron chi connectivity index (χ2n) is 7.59. The highest BCUT2D eigenvalue weighted by Gasteiger charge is 2.17. The molecule has 0 bridgehead atoms. The molecule has 0 aliphatic heterocycles. The summed E-state index contributed by atoms with van der Waals surface area (Å²) in [5.74, 6) is -0.194. The normalized spacial score (nSPS) is 14.0. The van der Waals surface area contributed by atoms with Crippen molar-refractivity contribution in [2.45, 2.75) is 53.4 Å². The molecule has 0 aromatic rings. The Balaban J connectivity index is 4.24. The van der Waals surface area contributed by atoms with Gasteiger partial charge in [-0.3, -0.25) is 4.55 Å². The maximum atomic E-state index is 10.9. The molecule has 24 heavy (non-hydrogen) atoms. The molecule has 4 nitrogen and oxygen atoms in total. The van der Waals surface area contributed by atoms with Crippen LogP contribution in [0.1, 0.15) is 53.4 Å². The molecule has 0 rings (SSSR count). The monoisotopic (exact) mass is 358 g/mol. The SMILES string of the molecule is CC(C)=CCC/C(C)=C/CC/C(C)=C/C[N+](C)(C)CCS(=O)(=O)O. The number of quaternary nitrogens is 1. The van der Waals surface area contributed by atoms with Gasteiger partial charge < -0.3 is 4.48 Å². The standard InChI is InChI=1S/C19H35NO3S/c1-17(2)9-7-10-18(3)11-8-12-19(4)13-14-20(5,6)15-16-24(21,22)23/h9,11,13H,7-8,10,12,14-16H2,1-6H3/p+1/b18-11+,19-13+. The van der Waals surface area contributed by atoms with Gasteiger partial charge in [-0.2, -0.15) is 8.42 Å². The summed E-state index contributed by atoms with van der Waals surface area (Å²) in [6, 6.07) is 0. The van der Waals surface area contributed by atoms with Crippen LogP contribution in [0.5, 0.6) is 0 Å². The third-order valence-electron chi connectivity index (χ3n) is 4.01. The summed E-state index contributed by atoms with van der Waals surface area (Å²) < 4.78 is 31.1. The smallest absolute Gasteiger partial charge is 0.270 e. The first-order valence-electron chi connectivity index (χ1n) is 8.63. The number of allylic oxidation sites excluding steroid dienone is 5. The highest BCUT2D eigenvalue weighted by Crippen LogP contribution is 2.12. The third kappa shape index (κ3) is 14.7. The summed E-state index contributed by atoms with van der Waals surface area (Å²) >= 11 is 0. The van der Waals surface area contributed by atoms with E-state index in [1.165, 1.54) is 16.7 Å². The van der Waals surface area contributed by atoms with Gasteiger partial charge in [-0.15, -0.1) is 0 Å². The molecule has 0 unspecified atom stereocenters. The first-order valence-corrected chi connectivity index (χ1v) is 10.2. The molecule has 0 spiro atoms. The topological polar surface area (TPSA) is 54.4 Å². The summed E-state index contributed by atoms with van der Waals surface area (Å²) in [4.78, 5) is 0. The molecule has 140 valence electrons. The first-order chi connectivity index (χ1) is 10.9. The summed E-state index contributed by atoms with van der Waals surface area (Å²) in [5, 5.41) is 0. The Morgan fingerprint density at radius 1 is 0.917 bits per heavy atom. The van der Waals surface area contributed by atoms with Crippen LogP contribution in [-0.2, 0) is 10.1 Å². The molecule has 0 aromatic carbocycles. The van der Waals surface area contributed by atoms with Gasteiger partial charge in [0.1, 0.15) is 5.75 Å². The minimum Gasteiger partial charge on any atom is -0.324 e. The van der Waals surface area contributed by atoms with E-state index in [1.807, 2.05) is 14.1 Å². The van der Waals surface area contributed by atoms with E-state index in [1.54, 1.807) is 0 Å². The number of rotatable bonds is 11. The van der Waals surface area contributed by atoms with Crippen LogP contribution in [0.4, 0.5) is 0 Å². The van der Waals surface area contributed by atoms with Crippen molar-refractivity contribution in [1.29, 1.82) is 0 Å². The lowest BCUT2D eigenvalue weighted by Crippen LogP contribution is -2.43. The van der Waals surface area contributed by atoms with Crippen LogP contribution in [0, 0.1) is 0 Å². The van der Waals surface area contributed by atoms with E-state index in [0.717, 1.165) is 32.2 Å². The molecule has 0 saturated carbocycles. The van der Waals surface area contributed by atoms with Crippen molar-refractivity contribution in [2.24, 2.45) is 0 Å². The van der Waals surface area contributed by atoms with Gasteiger partial charge in [0.25, 0.3) is 10.1 Å². The van der Waals surface area contributed by atoms with Gasteiger partial charge in [0.15, 0.2) is 0 Å². The Labute approximate surface area is 149 Å². The Morgan fingerprint density at radius 2 is 1.42 bits per heavy atom. The molecule has 1 N–H and O–H groups in total. The molecule has 0 heterocycles. The van der Waals surface area contributed by atoms with Gasteiger partial charge in [-0.05, 0) is 59.5 Å². The Hall–Kier alpha value is -0.910. The number of hydrogen-bond donors (Lipinski definition) is 1. The first kappa shape index (κ1) is 23.1. The molecule has 0 saturated heterocycles. The van der Waals surface area contributed by atoms with E-state index in [9.17, 15) is 8.42 Å². The average Bonchev–Trinajstić information content (AvgIpc) is 2.42. The summed E-state index contributed by atoms with van der Waals surface area (Å²) in [6.07, 6.45) is 11.1. The fraction of sp³-hybridized carbons (Fsp3) is 0.684. The zero-order valence-corrected chi connectivity index (χ0v) is 17.1. The second kappa shape index (κ2) is 10.9. The zero-order valence-electron chi connectivity index (χ0n) is 16.3. The predicted molar refractivity (Wildman–Crippen MR) is 104 cm³/mol. The van der Waals surface area contributed by atoms with E-state index in [4.69, 9.17) is 4.55 Å². The van der Waals surface area contributed by atoms with Crippen LogP contribution in [-0.4, -0.2) is 50.4 Å². The molecule has 0 fully saturated rings. The highest BCUT2D eigenvalue weighted by atomic mass is 32.2. The molecule has 0 radical (unpaired) electrons. The maximum Gasteiger partial charge on any atom is 0.270 e. The number of nitrogens with zero attached hydrogens (tertiary/aromatic N) is 1. The highest BCUT2D eigenvalue weighted by molar-refractivity contribution is 7.85. The van der Waals surface area contributed by atoms with Crippen molar-refractivity contribution in [2.75, 3.05) is 32.9 Å². The van der Waals surface area contributed by atoms with Crippen molar-refractivity contribution in [3.63, 3.8) is 0 Å². The predicted octanol–water partition coefficient (Wildman–Crippen LogP) is 4.37. The van der Waals surface area contributed by atoms with Crippen molar-refractivity contribution < 1.29 is 17.5 Å². The van der Waals surface area contributed by atoms with E-state index >= 15 is 0 Å². The zero-order chi connectivity index (χ0) is 18.8. The molecule has 0 amide bonds. The summed E-state index contributed by atoms with van der Waals surface area (Å²) in [6.45, 7) is 9.74. The van der Waals surface area contributed by atoms with Crippen LogP contribution >= 0.6 is 0 Å². The fourth-order valence-corrected chi connectivity index (χ4v) is 2.92. The van der Waals surface area contributed by atoms with Crippen LogP contribution in [0.3, 0.4) is 0 Å². The average molecular weight is 359 g/mol. The van der Waals surface area contributed by atoms with Crippen LogP contribution < -0.4 is 0 Å². The van der Waals surface area contributed by atoms with Gasteiger partial charge in [-0.25, -0.2) is 0 Å². The molecule has 0 aliphatic rings. The molecule has 0 aromatic heterocycles. The van der Waals surface area contributed by atoms with Gasteiger partial charge in [0, 0.05) is 0 Å². The van der Waals surface area contributed by atoms with Crippen LogP contribution in [0.15, 0.2) is 34.9 Å². The lowest BCUT2D eigenvalue weighted by molar-refractivity contribution is -0.882. The Morgan fingerprint density at radius 3 is 1.92 bits per heavy atom. The van der Waals surface area contributed by atoms with E-state index in [2.05, 4.69) is 45.9 Å². The van der Waals surface area contributed by atoms with Gasteiger partial charge in [0.2, 0.25) is 0 Å². The number of likely N-dealkylation sites (N-methyl/N-ethyl adjacent to an activating group) is 1. The lowest BCUT2D eigenvalue weighted by Gasteiger charge is -2.28. The molecule has 0 aliphatic carbocycles. The molecular weight excluding hydrogens is 322 g/mol. The third-order valence-corrected chi connectivity index (χ3v) is 4.71. The van der Waals surface area contributed by atoms with E-state index < -0.39 is 10.1 Å². The van der Waals surface area contributed by atoms with Gasteiger partial charge >= 0.3 is 0 Å². The van der Waals surface area contributed by atoms with E-state index in [-0.39, 0.29) is 5.75 Å². The minimum atomic E-state index is -3.88. The Bertz CT molecular complexity index is 565.